The maximum atomic E-state index is 14.8. The Hall–Kier alpha value is -2.90. The van der Waals surface area contributed by atoms with Crippen LogP contribution in [0.25, 0.3) is 5.69 Å². The fourth-order valence-corrected chi connectivity index (χ4v) is 3.89. The van der Waals surface area contributed by atoms with Gasteiger partial charge in [-0.3, -0.25) is 4.90 Å². The minimum absolute atomic E-state index is 0.187. The standard InChI is InChI=1S/C18H22FN7/c1-12-10-25(11-22-12)15-6-5-13(9-14(15)19)26-17(21)23-16(20)24-18(26)7-3-2-4-8-18/h5-6,9-11H,2-4,7-8H2,1H3,(H4,20,21,23,24). The van der Waals surface area contributed by atoms with Crippen molar-refractivity contribution in [3.63, 3.8) is 0 Å². The summed E-state index contributed by atoms with van der Waals surface area (Å²) in [4.78, 5) is 14.7. The van der Waals surface area contributed by atoms with Crippen molar-refractivity contribution in [1.29, 1.82) is 0 Å². The number of rotatable bonds is 2. The van der Waals surface area contributed by atoms with Gasteiger partial charge in [-0.2, -0.15) is 4.99 Å². The molecule has 2 aromatic rings. The van der Waals surface area contributed by atoms with Crippen molar-refractivity contribution in [2.75, 3.05) is 4.90 Å². The molecule has 0 saturated heterocycles. The lowest BCUT2D eigenvalue weighted by Crippen LogP contribution is -2.58. The summed E-state index contributed by atoms with van der Waals surface area (Å²) in [5, 5.41) is 0. The van der Waals surface area contributed by atoms with E-state index < -0.39 is 5.66 Å². The van der Waals surface area contributed by atoms with Crippen LogP contribution in [0.3, 0.4) is 0 Å². The number of nitrogens with two attached hydrogens (primary N) is 2. The van der Waals surface area contributed by atoms with Gasteiger partial charge in [0.05, 0.1) is 17.7 Å². The first kappa shape index (κ1) is 16.6. The Bertz CT molecular complexity index is 893. The number of nitrogens with zero attached hydrogens (tertiary/aromatic N) is 5. The van der Waals surface area contributed by atoms with Crippen LogP contribution < -0.4 is 16.4 Å². The van der Waals surface area contributed by atoms with E-state index in [0.717, 1.165) is 37.8 Å². The van der Waals surface area contributed by atoms with Gasteiger partial charge in [0.2, 0.25) is 11.9 Å². The fraction of sp³-hybridized carbons (Fsp3) is 0.389. The van der Waals surface area contributed by atoms with Crippen molar-refractivity contribution >= 4 is 17.6 Å². The molecule has 1 aromatic heterocycles. The summed E-state index contributed by atoms with van der Waals surface area (Å²) in [6.45, 7) is 1.86. The Morgan fingerprint density at radius 3 is 2.58 bits per heavy atom. The van der Waals surface area contributed by atoms with Gasteiger partial charge in [0.15, 0.2) is 0 Å². The molecule has 0 atom stereocenters. The second kappa shape index (κ2) is 6.12. The van der Waals surface area contributed by atoms with Gasteiger partial charge in [0.25, 0.3) is 0 Å². The van der Waals surface area contributed by atoms with Crippen molar-refractivity contribution in [2.24, 2.45) is 21.5 Å². The molecule has 4 N–H and O–H groups in total. The number of aliphatic imine (C=N–C) groups is 2. The number of halogens is 1. The maximum absolute atomic E-state index is 14.8. The molecule has 26 heavy (non-hydrogen) atoms. The average molecular weight is 355 g/mol. The second-order valence-electron chi connectivity index (χ2n) is 6.88. The lowest BCUT2D eigenvalue weighted by atomic mass is 9.87. The molecular weight excluding hydrogens is 333 g/mol. The Morgan fingerprint density at radius 2 is 1.92 bits per heavy atom. The summed E-state index contributed by atoms with van der Waals surface area (Å²) in [7, 11) is 0. The van der Waals surface area contributed by atoms with Gasteiger partial charge >= 0.3 is 0 Å². The normalized spacial score (nSPS) is 19.4. The van der Waals surface area contributed by atoms with Crippen LogP contribution in [0.2, 0.25) is 0 Å². The first-order valence-electron chi connectivity index (χ1n) is 8.79. The van der Waals surface area contributed by atoms with Gasteiger partial charge in [-0.1, -0.05) is 6.42 Å². The van der Waals surface area contributed by atoms with Crippen LogP contribution in [0, 0.1) is 12.7 Å². The monoisotopic (exact) mass is 355 g/mol. The highest BCUT2D eigenvalue weighted by Crippen LogP contribution is 2.39. The molecule has 1 aliphatic heterocycles. The molecule has 0 bridgehead atoms. The summed E-state index contributed by atoms with van der Waals surface area (Å²) in [5.41, 5.74) is 13.4. The summed E-state index contributed by atoms with van der Waals surface area (Å²) >= 11 is 0. The van der Waals surface area contributed by atoms with E-state index >= 15 is 0 Å². The van der Waals surface area contributed by atoms with Gasteiger partial charge in [0.1, 0.15) is 11.5 Å². The number of hydrogen-bond acceptors (Lipinski definition) is 6. The number of benzene rings is 1. The molecule has 0 amide bonds. The Kier molecular flexibility index (Phi) is 3.90. The van der Waals surface area contributed by atoms with E-state index in [-0.39, 0.29) is 17.7 Å². The fourth-order valence-electron chi connectivity index (χ4n) is 3.89. The molecular formula is C18H22FN7. The van der Waals surface area contributed by atoms with Crippen LogP contribution in [0.15, 0.2) is 40.7 Å². The Labute approximate surface area is 151 Å². The average Bonchev–Trinajstić information content (AvgIpc) is 3.01. The maximum Gasteiger partial charge on any atom is 0.220 e. The highest BCUT2D eigenvalue weighted by atomic mass is 19.1. The lowest BCUT2D eigenvalue weighted by molar-refractivity contribution is 0.305. The number of aromatic nitrogens is 2. The van der Waals surface area contributed by atoms with Crippen LogP contribution in [-0.2, 0) is 0 Å². The molecule has 7 nitrogen and oxygen atoms in total. The number of guanidine groups is 2. The smallest absolute Gasteiger partial charge is 0.220 e. The van der Waals surface area contributed by atoms with Gasteiger partial charge in [-0.25, -0.2) is 14.4 Å². The molecule has 2 heterocycles. The van der Waals surface area contributed by atoms with Crippen molar-refractivity contribution in [2.45, 2.75) is 44.7 Å². The predicted molar refractivity (Wildman–Crippen MR) is 99.8 cm³/mol. The lowest BCUT2D eigenvalue weighted by Gasteiger charge is -2.45. The number of imidazole rings is 1. The van der Waals surface area contributed by atoms with E-state index in [1.165, 1.54) is 6.07 Å². The zero-order valence-electron chi connectivity index (χ0n) is 14.7. The largest absolute Gasteiger partial charge is 0.369 e. The van der Waals surface area contributed by atoms with Gasteiger partial charge in [-0.15, -0.1) is 0 Å². The van der Waals surface area contributed by atoms with Crippen molar-refractivity contribution < 1.29 is 4.39 Å². The topological polar surface area (TPSA) is 97.8 Å². The quantitative estimate of drug-likeness (QED) is 0.864. The minimum atomic E-state index is -0.576. The molecule has 0 unspecified atom stereocenters. The number of anilines is 1. The van der Waals surface area contributed by atoms with E-state index in [4.69, 9.17) is 11.5 Å². The third kappa shape index (κ3) is 2.71. The van der Waals surface area contributed by atoms with Gasteiger partial charge in [0, 0.05) is 11.9 Å². The highest BCUT2D eigenvalue weighted by Gasteiger charge is 2.42. The number of hydrogen-bond donors (Lipinski definition) is 2. The highest BCUT2D eigenvalue weighted by molar-refractivity contribution is 6.05. The summed E-state index contributed by atoms with van der Waals surface area (Å²) < 4.78 is 16.5. The number of aryl methyl sites for hydroxylation is 1. The molecule has 4 rings (SSSR count). The van der Waals surface area contributed by atoms with E-state index in [0.29, 0.717) is 11.4 Å². The molecule has 1 saturated carbocycles. The summed E-state index contributed by atoms with van der Waals surface area (Å²) in [5.74, 6) is 0.0813. The van der Waals surface area contributed by atoms with E-state index in [1.54, 1.807) is 23.2 Å². The van der Waals surface area contributed by atoms with Crippen LogP contribution in [-0.4, -0.2) is 27.1 Å². The Balaban J connectivity index is 1.75. The zero-order chi connectivity index (χ0) is 18.3. The molecule has 136 valence electrons. The van der Waals surface area contributed by atoms with Crippen LogP contribution in [0.5, 0.6) is 0 Å². The first-order chi connectivity index (χ1) is 12.5. The van der Waals surface area contributed by atoms with E-state index in [2.05, 4.69) is 15.0 Å². The molecule has 8 heteroatoms. The van der Waals surface area contributed by atoms with Crippen molar-refractivity contribution in [1.82, 2.24) is 9.55 Å². The Morgan fingerprint density at radius 1 is 1.15 bits per heavy atom. The zero-order valence-corrected chi connectivity index (χ0v) is 14.7. The molecule has 0 radical (unpaired) electrons. The van der Waals surface area contributed by atoms with Crippen LogP contribution in [0.4, 0.5) is 10.1 Å². The predicted octanol–water partition coefficient (Wildman–Crippen LogP) is 2.43. The summed E-state index contributed by atoms with van der Waals surface area (Å²) in [6, 6.07) is 5.03. The minimum Gasteiger partial charge on any atom is -0.369 e. The molecule has 1 aromatic carbocycles. The third-order valence-corrected chi connectivity index (χ3v) is 5.03. The van der Waals surface area contributed by atoms with Crippen LogP contribution >= 0.6 is 0 Å². The van der Waals surface area contributed by atoms with Gasteiger partial charge in [-0.05, 0) is 50.8 Å². The van der Waals surface area contributed by atoms with Crippen LogP contribution in [0.1, 0.15) is 37.8 Å². The summed E-state index contributed by atoms with van der Waals surface area (Å²) in [6.07, 6.45) is 8.20. The third-order valence-electron chi connectivity index (χ3n) is 5.03. The van der Waals surface area contributed by atoms with E-state index in [9.17, 15) is 4.39 Å². The van der Waals surface area contributed by atoms with Gasteiger partial charge < -0.3 is 16.0 Å². The van der Waals surface area contributed by atoms with E-state index in [1.807, 2.05) is 17.9 Å². The van der Waals surface area contributed by atoms with Crippen molar-refractivity contribution in [3.8, 4) is 5.69 Å². The molecule has 1 spiro atoms. The van der Waals surface area contributed by atoms with Crippen molar-refractivity contribution in [3.05, 3.63) is 42.2 Å². The second-order valence-corrected chi connectivity index (χ2v) is 6.88. The first-order valence-corrected chi connectivity index (χ1v) is 8.79. The molecule has 1 fully saturated rings. The SMILES string of the molecule is Cc1cn(-c2ccc(N3C(N)=NC(N)=NC34CCCCC4)cc2F)cn1. The molecule has 1 aliphatic carbocycles. The molecule has 2 aliphatic rings.